The average molecular weight is 436 g/mol. The zero-order chi connectivity index (χ0) is 15.8. The van der Waals surface area contributed by atoms with Gasteiger partial charge < -0.3 is 16.0 Å². The van der Waals surface area contributed by atoms with E-state index >= 15 is 0 Å². The molecule has 1 amide bonds. The van der Waals surface area contributed by atoms with Crippen LogP contribution in [0.3, 0.4) is 0 Å². The predicted molar refractivity (Wildman–Crippen MR) is 106 cm³/mol. The van der Waals surface area contributed by atoms with Crippen molar-refractivity contribution in [1.82, 2.24) is 16.0 Å². The lowest BCUT2D eigenvalue weighted by atomic mass is 9.80. The van der Waals surface area contributed by atoms with Gasteiger partial charge in [-0.15, -0.1) is 24.0 Å². The van der Waals surface area contributed by atoms with E-state index < -0.39 is 0 Å². The molecule has 0 aromatic heterocycles. The molecule has 2 rings (SSSR count). The van der Waals surface area contributed by atoms with E-state index in [1.54, 1.807) is 0 Å². The van der Waals surface area contributed by atoms with Gasteiger partial charge in [0.2, 0.25) is 5.91 Å². The van der Waals surface area contributed by atoms with E-state index in [0.29, 0.717) is 6.54 Å². The Balaban J connectivity index is 0.00000264. The van der Waals surface area contributed by atoms with E-state index in [9.17, 15) is 4.79 Å². The molecule has 0 aromatic carbocycles. The summed E-state index contributed by atoms with van der Waals surface area (Å²) < 4.78 is 0. The number of nitrogens with zero attached hydrogens (tertiary/aromatic N) is 1. The van der Waals surface area contributed by atoms with Crippen LogP contribution in [-0.4, -0.2) is 38.0 Å². The zero-order valence-electron chi connectivity index (χ0n) is 14.6. The molecule has 0 aliphatic heterocycles. The number of guanidine groups is 1. The number of rotatable bonds is 7. The largest absolute Gasteiger partial charge is 0.357 e. The van der Waals surface area contributed by atoms with Gasteiger partial charge in [-0.1, -0.05) is 26.2 Å². The van der Waals surface area contributed by atoms with Crippen LogP contribution in [-0.2, 0) is 4.79 Å². The zero-order valence-corrected chi connectivity index (χ0v) is 16.9. The van der Waals surface area contributed by atoms with Crippen LogP contribution in [0.2, 0.25) is 0 Å². The minimum atomic E-state index is 0. The van der Waals surface area contributed by atoms with Crippen molar-refractivity contribution >= 4 is 35.8 Å². The Morgan fingerprint density at radius 3 is 2.39 bits per heavy atom. The molecule has 0 heterocycles. The summed E-state index contributed by atoms with van der Waals surface area (Å²) in [6.45, 7) is 7.60. The lowest BCUT2D eigenvalue weighted by molar-refractivity contribution is -0.122. The summed E-state index contributed by atoms with van der Waals surface area (Å²) in [5, 5.41) is 9.57. The molecule has 2 unspecified atom stereocenters. The lowest BCUT2D eigenvalue weighted by Gasteiger charge is -2.27. The van der Waals surface area contributed by atoms with Gasteiger partial charge in [0, 0.05) is 32.1 Å². The first-order valence-electron chi connectivity index (χ1n) is 9.00. The van der Waals surface area contributed by atoms with Gasteiger partial charge in [-0.3, -0.25) is 9.79 Å². The Labute approximate surface area is 157 Å². The maximum atomic E-state index is 11.6. The van der Waals surface area contributed by atoms with Crippen molar-refractivity contribution in [3.8, 4) is 0 Å². The molecule has 0 bridgehead atoms. The van der Waals surface area contributed by atoms with Crippen LogP contribution < -0.4 is 16.0 Å². The topological polar surface area (TPSA) is 65.5 Å². The van der Waals surface area contributed by atoms with Crippen LogP contribution in [0.4, 0.5) is 0 Å². The number of hydrogen-bond donors (Lipinski definition) is 3. The fourth-order valence-corrected chi connectivity index (χ4v) is 3.07. The van der Waals surface area contributed by atoms with E-state index in [-0.39, 0.29) is 35.8 Å². The van der Waals surface area contributed by atoms with Crippen LogP contribution in [0.1, 0.15) is 52.4 Å². The molecule has 134 valence electrons. The third-order valence-electron chi connectivity index (χ3n) is 4.78. The summed E-state index contributed by atoms with van der Waals surface area (Å²) in [6, 6.07) is 0. The molecule has 2 aliphatic carbocycles. The highest BCUT2D eigenvalue weighted by molar-refractivity contribution is 14.0. The van der Waals surface area contributed by atoms with Crippen molar-refractivity contribution in [3.05, 3.63) is 0 Å². The highest BCUT2D eigenvalue weighted by atomic mass is 127. The van der Waals surface area contributed by atoms with Gasteiger partial charge >= 0.3 is 0 Å². The quantitative estimate of drug-likeness (QED) is 0.249. The van der Waals surface area contributed by atoms with Crippen LogP contribution in [0.5, 0.6) is 0 Å². The Bertz CT molecular complexity index is 385. The second-order valence-corrected chi connectivity index (χ2v) is 6.73. The molecule has 23 heavy (non-hydrogen) atoms. The average Bonchev–Trinajstić information content (AvgIpc) is 3.35. The normalized spacial score (nSPS) is 24.5. The fourth-order valence-electron chi connectivity index (χ4n) is 3.07. The van der Waals surface area contributed by atoms with Gasteiger partial charge in [-0.05, 0) is 38.0 Å². The monoisotopic (exact) mass is 436 g/mol. The van der Waals surface area contributed by atoms with Gasteiger partial charge in [-0.25, -0.2) is 0 Å². The molecule has 0 saturated heterocycles. The van der Waals surface area contributed by atoms with Gasteiger partial charge in [0.1, 0.15) is 0 Å². The summed E-state index contributed by atoms with van der Waals surface area (Å²) in [5.41, 5.74) is 0. The van der Waals surface area contributed by atoms with E-state index in [0.717, 1.165) is 50.3 Å². The Kier molecular flexibility index (Phi) is 9.90. The molecular weight excluding hydrogens is 403 g/mol. The Morgan fingerprint density at radius 2 is 1.74 bits per heavy atom. The Hall–Kier alpha value is -0.530. The van der Waals surface area contributed by atoms with Crippen LogP contribution in [0.25, 0.3) is 0 Å². The molecule has 6 heteroatoms. The summed E-state index contributed by atoms with van der Waals surface area (Å²) in [6.07, 6.45) is 7.49. The smallest absolute Gasteiger partial charge is 0.223 e. The number of hydrogen-bond acceptors (Lipinski definition) is 2. The molecular formula is C17H33IN4O. The van der Waals surface area contributed by atoms with E-state index in [1.165, 1.54) is 25.7 Å². The fraction of sp³-hybridized carbons (Fsp3) is 0.882. The van der Waals surface area contributed by atoms with Crippen LogP contribution >= 0.6 is 24.0 Å². The van der Waals surface area contributed by atoms with Gasteiger partial charge in [-0.2, -0.15) is 0 Å². The maximum absolute atomic E-state index is 11.6. The molecule has 2 atom stereocenters. The van der Waals surface area contributed by atoms with Gasteiger partial charge in [0.05, 0.1) is 0 Å². The molecule has 3 N–H and O–H groups in total. The standard InChI is InChI=1S/C17H32N4O.HI/c1-3-18-17(20-11-10-19-16(22)14-8-9-14)21-12-15-7-5-4-6-13(15)2;/h13-15H,3-12H2,1-2H3,(H,19,22)(H2,18,20,21);1H. The number of aliphatic imine (C=N–C) groups is 1. The van der Waals surface area contributed by atoms with Crippen molar-refractivity contribution < 1.29 is 4.79 Å². The summed E-state index contributed by atoms with van der Waals surface area (Å²) in [5.74, 6) is 2.88. The summed E-state index contributed by atoms with van der Waals surface area (Å²) >= 11 is 0. The molecule has 0 spiro atoms. The van der Waals surface area contributed by atoms with Crippen molar-refractivity contribution in [2.45, 2.75) is 52.4 Å². The lowest BCUT2D eigenvalue weighted by Crippen LogP contribution is -2.42. The first kappa shape index (κ1) is 20.5. The summed E-state index contributed by atoms with van der Waals surface area (Å²) in [7, 11) is 0. The number of amides is 1. The molecule has 2 saturated carbocycles. The van der Waals surface area contributed by atoms with Gasteiger partial charge in [0.15, 0.2) is 5.96 Å². The first-order chi connectivity index (χ1) is 10.7. The number of carbonyl (C=O) groups is 1. The van der Waals surface area contributed by atoms with E-state index in [4.69, 9.17) is 4.99 Å². The maximum Gasteiger partial charge on any atom is 0.223 e. The minimum absolute atomic E-state index is 0. The van der Waals surface area contributed by atoms with Crippen molar-refractivity contribution in [1.29, 1.82) is 0 Å². The third kappa shape index (κ3) is 7.72. The van der Waals surface area contributed by atoms with Crippen molar-refractivity contribution in [3.63, 3.8) is 0 Å². The van der Waals surface area contributed by atoms with Crippen molar-refractivity contribution in [2.75, 3.05) is 26.2 Å². The number of nitrogens with one attached hydrogen (secondary N) is 3. The molecule has 2 fully saturated rings. The molecule has 0 radical (unpaired) electrons. The second-order valence-electron chi connectivity index (χ2n) is 6.73. The number of carbonyl (C=O) groups excluding carboxylic acids is 1. The number of halogens is 1. The molecule has 0 aromatic rings. The van der Waals surface area contributed by atoms with Crippen molar-refractivity contribution in [2.24, 2.45) is 22.7 Å². The highest BCUT2D eigenvalue weighted by Gasteiger charge is 2.29. The van der Waals surface area contributed by atoms with Crippen LogP contribution in [0.15, 0.2) is 4.99 Å². The van der Waals surface area contributed by atoms with Crippen LogP contribution in [0, 0.1) is 17.8 Å². The molecule has 5 nitrogen and oxygen atoms in total. The second kappa shape index (κ2) is 11.1. The Morgan fingerprint density at radius 1 is 1.04 bits per heavy atom. The highest BCUT2D eigenvalue weighted by Crippen LogP contribution is 2.29. The van der Waals surface area contributed by atoms with Gasteiger partial charge in [0.25, 0.3) is 0 Å². The molecule has 2 aliphatic rings. The predicted octanol–water partition coefficient (Wildman–Crippen LogP) is 2.51. The van der Waals surface area contributed by atoms with E-state index in [1.807, 2.05) is 0 Å². The first-order valence-corrected chi connectivity index (χ1v) is 9.00. The third-order valence-corrected chi connectivity index (χ3v) is 4.78. The SMILES string of the molecule is CCNC(=NCC1CCCCC1C)NCCNC(=O)C1CC1.I. The summed E-state index contributed by atoms with van der Waals surface area (Å²) in [4.78, 5) is 16.3. The van der Waals surface area contributed by atoms with E-state index in [2.05, 4.69) is 29.8 Å². The minimum Gasteiger partial charge on any atom is -0.357 e.